The third-order valence-corrected chi connectivity index (χ3v) is 4.33. The van der Waals surface area contributed by atoms with Crippen LogP contribution in [0.1, 0.15) is 31.2 Å². The summed E-state index contributed by atoms with van der Waals surface area (Å²) in [4.78, 5) is 19.8. The van der Waals surface area contributed by atoms with Crippen LogP contribution in [0.25, 0.3) is 0 Å². The quantitative estimate of drug-likeness (QED) is 0.854. The van der Waals surface area contributed by atoms with Crippen LogP contribution in [0.15, 0.2) is 23.4 Å². The van der Waals surface area contributed by atoms with Crippen molar-refractivity contribution in [3.8, 4) is 11.5 Å². The Morgan fingerprint density at radius 1 is 1.17 bits per heavy atom. The second-order valence-corrected chi connectivity index (χ2v) is 5.79. The predicted octanol–water partition coefficient (Wildman–Crippen LogP) is 2.21. The van der Waals surface area contributed by atoms with Gasteiger partial charge in [0.15, 0.2) is 11.5 Å². The van der Waals surface area contributed by atoms with Gasteiger partial charge in [-0.2, -0.15) is 0 Å². The number of piperidine rings is 1. The highest BCUT2D eigenvalue weighted by molar-refractivity contribution is 6.04. The summed E-state index contributed by atoms with van der Waals surface area (Å²) in [6, 6.07) is 5.59. The molecule has 1 atom stereocenters. The molecule has 1 aromatic rings. The Labute approximate surface area is 136 Å². The Bertz CT molecular complexity index is 609. The average molecular weight is 318 g/mol. The van der Waals surface area contributed by atoms with Crippen LogP contribution in [0.3, 0.4) is 0 Å². The number of nitrogens with zero attached hydrogens (tertiary/aromatic N) is 2. The minimum absolute atomic E-state index is 0.0453. The molecule has 0 bridgehead atoms. The van der Waals surface area contributed by atoms with Crippen molar-refractivity contribution >= 4 is 11.6 Å². The molecule has 2 heterocycles. The summed E-state index contributed by atoms with van der Waals surface area (Å²) in [6.07, 6.45) is 3.33. The second-order valence-electron chi connectivity index (χ2n) is 5.79. The molecule has 0 radical (unpaired) electrons. The van der Waals surface area contributed by atoms with Crippen LogP contribution in [0.5, 0.6) is 11.5 Å². The van der Waals surface area contributed by atoms with E-state index < -0.39 is 6.10 Å². The predicted molar refractivity (Wildman–Crippen MR) is 86.0 cm³/mol. The number of amides is 1. The smallest absolute Gasteiger partial charge is 0.266 e. The van der Waals surface area contributed by atoms with Gasteiger partial charge in [0.1, 0.15) is 0 Å². The van der Waals surface area contributed by atoms with E-state index in [1.165, 1.54) is 6.42 Å². The number of carbonyl (C=O) groups is 1. The van der Waals surface area contributed by atoms with Crippen LogP contribution in [-0.2, 0) is 9.63 Å². The zero-order valence-electron chi connectivity index (χ0n) is 13.6. The summed E-state index contributed by atoms with van der Waals surface area (Å²) in [6.45, 7) is 1.65. The Kier molecular flexibility index (Phi) is 4.69. The lowest BCUT2D eigenvalue weighted by molar-refractivity contribution is -0.143. The van der Waals surface area contributed by atoms with E-state index in [1.807, 2.05) is 23.1 Å². The van der Waals surface area contributed by atoms with Gasteiger partial charge < -0.3 is 19.2 Å². The zero-order valence-corrected chi connectivity index (χ0v) is 13.6. The topological polar surface area (TPSA) is 60.4 Å². The van der Waals surface area contributed by atoms with Crippen molar-refractivity contribution in [2.45, 2.75) is 31.8 Å². The fourth-order valence-electron chi connectivity index (χ4n) is 3.01. The van der Waals surface area contributed by atoms with Gasteiger partial charge in [-0.1, -0.05) is 5.16 Å². The molecule has 3 rings (SSSR count). The second kappa shape index (κ2) is 6.89. The SMILES string of the molecule is COc1ccc(C2=NO[C@@H](C(=O)N3CCCCC3)C2)cc1OC. The highest BCUT2D eigenvalue weighted by Crippen LogP contribution is 2.29. The number of oxime groups is 1. The summed E-state index contributed by atoms with van der Waals surface area (Å²) in [7, 11) is 3.19. The van der Waals surface area contributed by atoms with Crippen LogP contribution in [0.2, 0.25) is 0 Å². The van der Waals surface area contributed by atoms with E-state index in [4.69, 9.17) is 14.3 Å². The molecule has 1 aromatic carbocycles. The number of hydrogen-bond acceptors (Lipinski definition) is 5. The van der Waals surface area contributed by atoms with Gasteiger partial charge in [-0.25, -0.2) is 0 Å². The monoisotopic (exact) mass is 318 g/mol. The fraction of sp³-hybridized carbons (Fsp3) is 0.529. The number of likely N-dealkylation sites (tertiary alicyclic amines) is 1. The van der Waals surface area contributed by atoms with Crippen LogP contribution < -0.4 is 9.47 Å². The molecule has 1 amide bonds. The van der Waals surface area contributed by atoms with Gasteiger partial charge in [0, 0.05) is 25.1 Å². The molecule has 0 aliphatic carbocycles. The lowest BCUT2D eigenvalue weighted by Gasteiger charge is -2.28. The number of benzene rings is 1. The minimum atomic E-state index is -0.504. The largest absolute Gasteiger partial charge is 0.493 e. The van der Waals surface area contributed by atoms with Gasteiger partial charge in [0.05, 0.1) is 19.9 Å². The lowest BCUT2D eigenvalue weighted by Crippen LogP contribution is -2.42. The van der Waals surface area contributed by atoms with Crippen LogP contribution in [-0.4, -0.2) is 49.9 Å². The summed E-state index contributed by atoms with van der Waals surface area (Å²) in [5, 5.41) is 4.11. The van der Waals surface area contributed by atoms with E-state index in [0.717, 1.165) is 37.2 Å². The standard InChI is InChI=1S/C17H22N2O4/c1-21-14-7-6-12(10-15(14)22-2)13-11-16(23-18-13)17(20)19-8-4-3-5-9-19/h6-7,10,16H,3-5,8-9,11H2,1-2H3/t16-/m1/s1. The van der Waals surface area contributed by atoms with Gasteiger partial charge in [-0.3, -0.25) is 4.79 Å². The van der Waals surface area contributed by atoms with E-state index in [-0.39, 0.29) is 5.91 Å². The molecule has 1 saturated heterocycles. The third-order valence-electron chi connectivity index (χ3n) is 4.33. The molecule has 23 heavy (non-hydrogen) atoms. The maximum absolute atomic E-state index is 12.5. The molecule has 0 N–H and O–H groups in total. The number of carbonyl (C=O) groups excluding carboxylic acids is 1. The molecular weight excluding hydrogens is 296 g/mol. The summed E-state index contributed by atoms with van der Waals surface area (Å²) in [5.74, 6) is 1.35. The van der Waals surface area contributed by atoms with Crippen molar-refractivity contribution in [3.63, 3.8) is 0 Å². The molecule has 2 aliphatic heterocycles. The van der Waals surface area contributed by atoms with E-state index in [9.17, 15) is 4.79 Å². The van der Waals surface area contributed by atoms with Gasteiger partial charge in [0.2, 0.25) is 6.10 Å². The molecule has 0 spiro atoms. The van der Waals surface area contributed by atoms with Crippen molar-refractivity contribution < 1.29 is 19.1 Å². The number of ether oxygens (including phenoxy) is 2. The van der Waals surface area contributed by atoms with Gasteiger partial charge in [-0.05, 0) is 37.5 Å². The number of rotatable bonds is 4. The Balaban J connectivity index is 1.68. The van der Waals surface area contributed by atoms with E-state index in [1.54, 1.807) is 14.2 Å². The first-order valence-corrected chi connectivity index (χ1v) is 7.97. The molecule has 2 aliphatic rings. The maximum atomic E-state index is 12.5. The minimum Gasteiger partial charge on any atom is -0.493 e. The Hall–Kier alpha value is -2.24. The summed E-state index contributed by atoms with van der Waals surface area (Å²) in [5.41, 5.74) is 1.65. The van der Waals surface area contributed by atoms with Crippen molar-refractivity contribution in [1.82, 2.24) is 4.90 Å². The van der Waals surface area contributed by atoms with Gasteiger partial charge >= 0.3 is 0 Å². The van der Waals surface area contributed by atoms with E-state index in [2.05, 4.69) is 5.16 Å². The van der Waals surface area contributed by atoms with Crippen LogP contribution in [0.4, 0.5) is 0 Å². The maximum Gasteiger partial charge on any atom is 0.266 e. The van der Waals surface area contributed by atoms with Crippen molar-refractivity contribution in [2.24, 2.45) is 5.16 Å². The molecular formula is C17H22N2O4. The Morgan fingerprint density at radius 2 is 1.91 bits per heavy atom. The van der Waals surface area contributed by atoms with E-state index in [0.29, 0.717) is 17.9 Å². The van der Waals surface area contributed by atoms with Crippen molar-refractivity contribution in [3.05, 3.63) is 23.8 Å². The van der Waals surface area contributed by atoms with E-state index >= 15 is 0 Å². The molecule has 6 nitrogen and oxygen atoms in total. The van der Waals surface area contributed by atoms with Gasteiger partial charge in [-0.15, -0.1) is 0 Å². The molecule has 0 unspecified atom stereocenters. The summed E-state index contributed by atoms with van der Waals surface area (Å²) >= 11 is 0. The first-order chi connectivity index (χ1) is 11.2. The Morgan fingerprint density at radius 3 is 2.61 bits per heavy atom. The molecule has 124 valence electrons. The van der Waals surface area contributed by atoms with Crippen LogP contribution in [0, 0.1) is 0 Å². The molecule has 1 fully saturated rings. The first-order valence-electron chi connectivity index (χ1n) is 7.97. The number of methoxy groups -OCH3 is 2. The molecule has 6 heteroatoms. The normalized spacial score (nSPS) is 20.7. The summed E-state index contributed by atoms with van der Waals surface area (Å²) < 4.78 is 10.5. The first kappa shape index (κ1) is 15.6. The van der Waals surface area contributed by atoms with Crippen molar-refractivity contribution in [1.29, 1.82) is 0 Å². The van der Waals surface area contributed by atoms with Crippen molar-refractivity contribution in [2.75, 3.05) is 27.3 Å². The molecule has 0 saturated carbocycles. The fourth-order valence-corrected chi connectivity index (χ4v) is 3.01. The third kappa shape index (κ3) is 3.25. The van der Waals surface area contributed by atoms with Gasteiger partial charge in [0.25, 0.3) is 5.91 Å². The highest BCUT2D eigenvalue weighted by atomic mass is 16.6. The highest BCUT2D eigenvalue weighted by Gasteiger charge is 2.33. The zero-order chi connectivity index (χ0) is 16.2. The van der Waals surface area contributed by atoms with Crippen LogP contribution >= 0.6 is 0 Å². The average Bonchev–Trinajstić information content (AvgIpc) is 3.11. The number of hydrogen-bond donors (Lipinski definition) is 0. The lowest BCUT2D eigenvalue weighted by atomic mass is 10.0. The molecule has 0 aromatic heterocycles.